The summed E-state index contributed by atoms with van der Waals surface area (Å²) in [5, 5.41) is 5.09. The van der Waals surface area contributed by atoms with Crippen molar-refractivity contribution < 1.29 is 14.3 Å². The van der Waals surface area contributed by atoms with E-state index in [0.717, 1.165) is 26.2 Å². The molecule has 0 aliphatic heterocycles. The first kappa shape index (κ1) is 27.2. The highest BCUT2D eigenvalue weighted by molar-refractivity contribution is 7.21. The van der Waals surface area contributed by atoms with Crippen molar-refractivity contribution in [3.63, 3.8) is 0 Å². The highest BCUT2D eigenvalue weighted by atomic mass is 32.1. The molecule has 42 heavy (non-hydrogen) atoms. The van der Waals surface area contributed by atoms with Crippen molar-refractivity contribution in [3.05, 3.63) is 113 Å². The zero-order valence-corrected chi connectivity index (χ0v) is 24.1. The van der Waals surface area contributed by atoms with Gasteiger partial charge in [0, 0.05) is 18.0 Å². The molecular formula is C33H28N4O4S. The Hall–Kier alpha value is -5.02. The lowest BCUT2D eigenvalue weighted by Gasteiger charge is -2.17. The first-order valence-electron chi connectivity index (χ1n) is 13.6. The van der Waals surface area contributed by atoms with Crippen molar-refractivity contribution in [2.24, 2.45) is 7.05 Å². The van der Waals surface area contributed by atoms with E-state index in [1.165, 1.54) is 4.68 Å². The summed E-state index contributed by atoms with van der Waals surface area (Å²) in [4.78, 5) is 45.1. The normalized spacial score (nSPS) is 12.0. The highest BCUT2D eigenvalue weighted by Crippen LogP contribution is 2.36. The second-order valence-electron chi connectivity index (χ2n) is 9.92. The van der Waals surface area contributed by atoms with Gasteiger partial charge < -0.3 is 10.1 Å². The number of carbonyl (C=O) groups excluding carboxylic acids is 2. The molecule has 1 atom stereocenters. The summed E-state index contributed by atoms with van der Waals surface area (Å²) in [7, 11) is 1.75. The lowest BCUT2D eigenvalue weighted by molar-refractivity contribution is -0.124. The van der Waals surface area contributed by atoms with E-state index in [9.17, 15) is 14.4 Å². The first-order valence-corrected chi connectivity index (χ1v) is 14.4. The Bertz CT molecular complexity index is 1980. The Morgan fingerprint density at radius 1 is 0.952 bits per heavy atom. The Morgan fingerprint density at radius 2 is 1.67 bits per heavy atom. The average molecular weight is 577 g/mol. The maximum Gasteiger partial charge on any atom is 0.339 e. The van der Waals surface area contributed by atoms with Crippen molar-refractivity contribution in [1.29, 1.82) is 0 Å². The third-order valence-electron chi connectivity index (χ3n) is 7.36. The molecule has 6 rings (SSSR count). The highest BCUT2D eigenvalue weighted by Gasteiger charge is 2.27. The summed E-state index contributed by atoms with van der Waals surface area (Å²) < 4.78 is 10.0. The number of para-hydroxylation sites is 2. The number of hydrogen-bond acceptors (Lipinski definition) is 6. The maximum atomic E-state index is 13.6. The van der Waals surface area contributed by atoms with Gasteiger partial charge in [-0.2, -0.15) is 0 Å². The summed E-state index contributed by atoms with van der Waals surface area (Å²) in [6.07, 6.45) is -0.877. The summed E-state index contributed by atoms with van der Waals surface area (Å²) in [6.45, 7) is 3.51. The number of anilines is 1. The van der Waals surface area contributed by atoms with Crippen LogP contribution in [0.5, 0.6) is 0 Å². The number of ether oxygens (including phenoxy) is 1. The van der Waals surface area contributed by atoms with Gasteiger partial charge in [-0.15, -0.1) is 11.3 Å². The third-order valence-corrected chi connectivity index (χ3v) is 8.43. The average Bonchev–Trinajstić information content (AvgIpc) is 3.54. The van der Waals surface area contributed by atoms with Crippen LogP contribution in [0.25, 0.3) is 37.2 Å². The van der Waals surface area contributed by atoms with Crippen molar-refractivity contribution >= 4 is 49.9 Å². The largest absolute Gasteiger partial charge is 0.449 e. The van der Waals surface area contributed by atoms with Gasteiger partial charge in [0.05, 0.1) is 27.2 Å². The Kier molecular flexibility index (Phi) is 7.18. The first-order chi connectivity index (χ1) is 20.4. The zero-order chi connectivity index (χ0) is 29.4. The zero-order valence-electron chi connectivity index (χ0n) is 23.3. The van der Waals surface area contributed by atoms with Gasteiger partial charge >= 0.3 is 5.97 Å². The van der Waals surface area contributed by atoms with Gasteiger partial charge in [0.1, 0.15) is 10.7 Å². The molecule has 0 saturated heterocycles. The molecule has 2 heterocycles. The molecule has 1 unspecified atom stereocenters. The number of nitrogens with zero attached hydrogens (tertiary/aromatic N) is 3. The number of esters is 1. The van der Waals surface area contributed by atoms with Crippen LogP contribution in [0, 0.1) is 6.92 Å². The molecule has 210 valence electrons. The number of aromatic nitrogens is 3. The SMILES string of the molecule is CCC(OC(=O)c1cccc2cccc(-c3nc4ccccc4s3)c12)C(=O)Nc1c(C)n(C)n(-c2ccccc2)c1=O. The number of nitrogens with one attached hydrogen (secondary N) is 1. The fourth-order valence-corrected chi connectivity index (χ4v) is 6.10. The Labute approximate surface area is 245 Å². The van der Waals surface area contributed by atoms with E-state index >= 15 is 0 Å². The van der Waals surface area contributed by atoms with Crippen LogP contribution in [0.4, 0.5) is 5.69 Å². The van der Waals surface area contributed by atoms with E-state index in [1.54, 1.807) is 49.0 Å². The van der Waals surface area contributed by atoms with Gasteiger partial charge in [0.2, 0.25) is 0 Å². The van der Waals surface area contributed by atoms with Crippen molar-refractivity contribution in [1.82, 2.24) is 14.3 Å². The standard InChI is InChI=1S/C33H28N4O4S/c1-4-26(30(38)35-29-20(2)36(3)37(32(29)39)22-14-6-5-7-15-22)41-33(40)24-17-11-13-21-12-10-16-23(28(21)24)31-34-25-18-8-9-19-27(25)42-31/h5-19,26H,4H2,1-3H3,(H,35,38). The minimum absolute atomic E-state index is 0.143. The molecule has 0 aliphatic rings. The number of carbonyl (C=O) groups is 2. The predicted octanol–water partition coefficient (Wildman–Crippen LogP) is 6.49. The van der Waals surface area contributed by atoms with E-state index in [2.05, 4.69) is 5.32 Å². The van der Waals surface area contributed by atoms with E-state index in [0.29, 0.717) is 22.3 Å². The molecular weight excluding hydrogens is 548 g/mol. The van der Waals surface area contributed by atoms with Crippen LogP contribution in [-0.4, -0.2) is 32.3 Å². The van der Waals surface area contributed by atoms with Crippen LogP contribution in [0.1, 0.15) is 29.4 Å². The molecule has 0 saturated carbocycles. The molecule has 9 heteroatoms. The second-order valence-corrected chi connectivity index (χ2v) is 11.0. The molecule has 1 N–H and O–H groups in total. The molecule has 8 nitrogen and oxygen atoms in total. The molecule has 2 aromatic heterocycles. The number of amides is 1. The molecule has 0 spiro atoms. The smallest absolute Gasteiger partial charge is 0.339 e. The summed E-state index contributed by atoms with van der Waals surface area (Å²) in [5.74, 6) is -1.19. The lowest BCUT2D eigenvalue weighted by atomic mass is 9.99. The third kappa shape index (κ3) is 4.77. The van der Waals surface area contributed by atoms with Crippen LogP contribution in [-0.2, 0) is 16.6 Å². The topological polar surface area (TPSA) is 95.2 Å². The van der Waals surface area contributed by atoms with Gasteiger partial charge in [-0.1, -0.05) is 67.6 Å². The van der Waals surface area contributed by atoms with Crippen molar-refractivity contribution in [2.75, 3.05) is 5.32 Å². The van der Waals surface area contributed by atoms with Crippen molar-refractivity contribution in [3.8, 4) is 16.3 Å². The molecule has 0 fully saturated rings. The number of thiazole rings is 1. The lowest BCUT2D eigenvalue weighted by Crippen LogP contribution is -2.34. The quantitative estimate of drug-likeness (QED) is 0.219. The monoisotopic (exact) mass is 576 g/mol. The summed E-state index contributed by atoms with van der Waals surface area (Å²) >= 11 is 1.55. The molecule has 4 aromatic carbocycles. The van der Waals surface area contributed by atoms with Crippen LogP contribution < -0.4 is 10.9 Å². The molecule has 0 aliphatic carbocycles. The predicted molar refractivity (Wildman–Crippen MR) is 166 cm³/mol. The number of hydrogen-bond donors (Lipinski definition) is 1. The van der Waals surface area contributed by atoms with E-state index in [1.807, 2.05) is 78.9 Å². The minimum atomic E-state index is -1.11. The van der Waals surface area contributed by atoms with Crippen LogP contribution in [0.3, 0.4) is 0 Å². The minimum Gasteiger partial charge on any atom is -0.449 e. The van der Waals surface area contributed by atoms with Crippen LogP contribution in [0.15, 0.2) is 95.8 Å². The Balaban J connectivity index is 1.30. The molecule has 0 radical (unpaired) electrons. The maximum absolute atomic E-state index is 13.6. The van der Waals surface area contributed by atoms with Gasteiger partial charge in [-0.25, -0.2) is 14.5 Å². The summed E-state index contributed by atoms with van der Waals surface area (Å²) in [5.41, 5.74) is 3.07. The summed E-state index contributed by atoms with van der Waals surface area (Å²) in [6, 6.07) is 28.3. The van der Waals surface area contributed by atoms with Gasteiger partial charge in [0.25, 0.3) is 11.5 Å². The fraction of sp³-hybridized carbons (Fsp3) is 0.152. The van der Waals surface area contributed by atoms with Gasteiger partial charge in [0.15, 0.2) is 6.10 Å². The molecule has 1 amide bonds. The second kappa shape index (κ2) is 11.1. The number of fused-ring (bicyclic) bond motifs is 2. The number of benzene rings is 4. The van der Waals surface area contributed by atoms with E-state index in [4.69, 9.17) is 9.72 Å². The van der Waals surface area contributed by atoms with Gasteiger partial charge in [-0.05, 0) is 49.1 Å². The van der Waals surface area contributed by atoms with E-state index in [-0.39, 0.29) is 17.7 Å². The van der Waals surface area contributed by atoms with E-state index < -0.39 is 18.0 Å². The molecule has 0 bridgehead atoms. The van der Waals surface area contributed by atoms with Crippen molar-refractivity contribution in [2.45, 2.75) is 26.4 Å². The van der Waals surface area contributed by atoms with Crippen LogP contribution in [0.2, 0.25) is 0 Å². The fourth-order valence-electron chi connectivity index (χ4n) is 5.11. The number of rotatable bonds is 7. The Morgan fingerprint density at radius 3 is 2.40 bits per heavy atom. The van der Waals surface area contributed by atoms with Gasteiger partial charge in [-0.3, -0.25) is 14.3 Å². The van der Waals surface area contributed by atoms with Crippen LogP contribution >= 0.6 is 11.3 Å². The molecule has 6 aromatic rings.